The van der Waals surface area contributed by atoms with Gasteiger partial charge in [-0.05, 0) is 58.7 Å². The predicted molar refractivity (Wildman–Crippen MR) is 101 cm³/mol. The molecule has 5 nitrogen and oxygen atoms in total. The molecule has 1 N–H and O–H groups in total. The standard InChI is InChI=1S/C17H16Br2N2O3/c1-11(12-3-5-13(18)6-4-12)20-21-17(22)10-24-16-8-7-14(23-2)9-15(16)19/h3-9H,10H2,1-2H3,(H,21,22). The maximum atomic E-state index is 11.8. The van der Waals surface area contributed by atoms with Crippen LogP contribution in [0, 0.1) is 0 Å². The van der Waals surface area contributed by atoms with Crippen LogP contribution in [0.5, 0.6) is 11.5 Å². The van der Waals surface area contributed by atoms with E-state index in [9.17, 15) is 4.79 Å². The van der Waals surface area contributed by atoms with Crippen molar-refractivity contribution in [2.75, 3.05) is 13.7 Å². The van der Waals surface area contributed by atoms with Crippen LogP contribution in [0.15, 0.2) is 56.5 Å². The molecule has 126 valence electrons. The van der Waals surface area contributed by atoms with Crippen LogP contribution in [-0.2, 0) is 4.79 Å². The smallest absolute Gasteiger partial charge is 0.277 e. The van der Waals surface area contributed by atoms with Crippen molar-refractivity contribution in [3.63, 3.8) is 0 Å². The second-order valence-electron chi connectivity index (χ2n) is 4.82. The van der Waals surface area contributed by atoms with E-state index in [4.69, 9.17) is 9.47 Å². The summed E-state index contributed by atoms with van der Waals surface area (Å²) in [6, 6.07) is 12.9. The first kappa shape index (κ1) is 18.5. The summed E-state index contributed by atoms with van der Waals surface area (Å²) in [5, 5.41) is 4.08. The Balaban J connectivity index is 1.89. The Morgan fingerprint density at radius 2 is 1.88 bits per heavy atom. The number of benzene rings is 2. The highest BCUT2D eigenvalue weighted by Crippen LogP contribution is 2.28. The van der Waals surface area contributed by atoms with Crippen molar-refractivity contribution in [1.82, 2.24) is 5.43 Å². The van der Waals surface area contributed by atoms with Crippen LogP contribution in [0.25, 0.3) is 0 Å². The summed E-state index contributed by atoms with van der Waals surface area (Å²) in [6.07, 6.45) is 0. The fourth-order valence-electron chi connectivity index (χ4n) is 1.80. The van der Waals surface area contributed by atoms with Gasteiger partial charge in [-0.2, -0.15) is 5.10 Å². The van der Waals surface area contributed by atoms with Crippen molar-refractivity contribution in [2.45, 2.75) is 6.92 Å². The van der Waals surface area contributed by atoms with E-state index in [2.05, 4.69) is 42.4 Å². The van der Waals surface area contributed by atoms with Crippen LogP contribution in [0.2, 0.25) is 0 Å². The number of amides is 1. The number of nitrogens with one attached hydrogen (secondary N) is 1. The molecular weight excluding hydrogens is 440 g/mol. The molecule has 24 heavy (non-hydrogen) atoms. The maximum absolute atomic E-state index is 11.8. The summed E-state index contributed by atoms with van der Waals surface area (Å²) in [5.41, 5.74) is 4.12. The zero-order valence-corrected chi connectivity index (χ0v) is 16.3. The Kier molecular flexibility index (Phi) is 6.81. The molecule has 0 unspecified atom stereocenters. The molecule has 0 radical (unpaired) electrons. The number of methoxy groups -OCH3 is 1. The molecule has 0 heterocycles. The Bertz CT molecular complexity index is 746. The average Bonchev–Trinajstić information content (AvgIpc) is 2.59. The summed E-state index contributed by atoms with van der Waals surface area (Å²) in [5.74, 6) is 0.919. The lowest BCUT2D eigenvalue weighted by atomic mass is 10.1. The van der Waals surface area contributed by atoms with E-state index in [1.54, 1.807) is 25.3 Å². The normalized spacial score (nSPS) is 11.1. The topological polar surface area (TPSA) is 59.9 Å². The highest BCUT2D eigenvalue weighted by Gasteiger charge is 2.07. The molecule has 0 spiro atoms. The van der Waals surface area contributed by atoms with Gasteiger partial charge in [0.15, 0.2) is 6.61 Å². The van der Waals surface area contributed by atoms with E-state index >= 15 is 0 Å². The highest BCUT2D eigenvalue weighted by molar-refractivity contribution is 9.10. The number of carbonyl (C=O) groups is 1. The number of nitrogens with zero attached hydrogens (tertiary/aromatic N) is 1. The van der Waals surface area contributed by atoms with E-state index in [1.807, 2.05) is 31.2 Å². The third-order valence-electron chi connectivity index (χ3n) is 3.11. The number of ether oxygens (including phenoxy) is 2. The van der Waals surface area contributed by atoms with Gasteiger partial charge in [0.05, 0.1) is 17.3 Å². The van der Waals surface area contributed by atoms with Crippen LogP contribution >= 0.6 is 31.9 Å². The molecule has 2 aromatic rings. The van der Waals surface area contributed by atoms with Crippen LogP contribution in [-0.4, -0.2) is 25.3 Å². The third-order valence-corrected chi connectivity index (χ3v) is 4.26. The summed E-state index contributed by atoms with van der Waals surface area (Å²) in [7, 11) is 1.58. The van der Waals surface area contributed by atoms with Crippen LogP contribution in [0.4, 0.5) is 0 Å². The minimum atomic E-state index is -0.339. The SMILES string of the molecule is COc1ccc(OCC(=O)NN=C(C)c2ccc(Br)cc2)c(Br)c1. The van der Waals surface area contributed by atoms with Gasteiger partial charge in [-0.15, -0.1) is 0 Å². The molecule has 0 aromatic heterocycles. The van der Waals surface area contributed by atoms with Gasteiger partial charge in [-0.1, -0.05) is 28.1 Å². The van der Waals surface area contributed by atoms with Crippen molar-refractivity contribution in [3.8, 4) is 11.5 Å². The molecule has 2 aromatic carbocycles. The Morgan fingerprint density at radius 3 is 2.50 bits per heavy atom. The fourth-order valence-corrected chi connectivity index (χ4v) is 2.54. The van der Waals surface area contributed by atoms with Crippen molar-refractivity contribution in [3.05, 3.63) is 57.0 Å². The highest BCUT2D eigenvalue weighted by atomic mass is 79.9. The van der Waals surface area contributed by atoms with Crippen LogP contribution in [0.1, 0.15) is 12.5 Å². The number of carbonyl (C=O) groups excluding carboxylic acids is 1. The van der Waals surface area contributed by atoms with Gasteiger partial charge in [0.25, 0.3) is 5.91 Å². The van der Waals surface area contributed by atoms with Crippen molar-refractivity contribution in [2.24, 2.45) is 5.10 Å². The summed E-state index contributed by atoms with van der Waals surface area (Å²) in [6.45, 7) is 1.69. The minimum Gasteiger partial charge on any atom is -0.497 e. The lowest BCUT2D eigenvalue weighted by Gasteiger charge is -2.09. The maximum Gasteiger partial charge on any atom is 0.277 e. The summed E-state index contributed by atoms with van der Waals surface area (Å²) >= 11 is 6.75. The van der Waals surface area contributed by atoms with Gasteiger partial charge in [-0.3, -0.25) is 4.79 Å². The number of hydrazone groups is 1. The van der Waals surface area contributed by atoms with Gasteiger partial charge in [0, 0.05) is 4.47 Å². The minimum absolute atomic E-state index is 0.137. The number of hydrogen-bond donors (Lipinski definition) is 1. The van der Waals surface area contributed by atoms with E-state index in [1.165, 1.54) is 0 Å². The predicted octanol–water partition coefficient (Wildman–Crippen LogP) is 4.14. The van der Waals surface area contributed by atoms with Gasteiger partial charge >= 0.3 is 0 Å². The van der Waals surface area contributed by atoms with Crippen LogP contribution < -0.4 is 14.9 Å². The van der Waals surface area contributed by atoms with E-state index in [0.29, 0.717) is 21.7 Å². The Labute approximate surface area is 157 Å². The average molecular weight is 456 g/mol. The second kappa shape index (κ2) is 8.84. The number of rotatable bonds is 6. The summed E-state index contributed by atoms with van der Waals surface area (Å²) in [4.78, 5) is 11.8. The molecule has 0 fully saturated rings. The lowest BCUT2D eigenvalue weighted by molar-refractivity contribution is -0.123. The van der Waals surface area contributed by atoms with Crippen molar-refractivity contribution >= 4 is 43.5 Å². The Hall–Kier alpha value is -1.86. The van der Waals surface area contributed by atoms with E-state index in [0.717, 1.165) is 10.0 Å². The number of halogens is 2. The zero-order valence-electron chi connectivity index (χ0n) is 13.2. The molecular formula is C17H16Br2N2O3. The van der Waals surface area contributed by atoms with Gasteiger partial charge in [0.2, 0.25) is 0 Å². The molecule has 0 atom stereocenters. The van der Waals surface area contributed by atoms with Crippen LogP contribution in [0.3, 0.4) is 0 Å². The van der Waals surface area contributed by atoms with Crippen molar-refractivity contribution < 1.29 is 14.3 Å². The molecule has 0 aliphatic rings. The third kappa shape index (κ3) is 5.35. The van der Waals surface area contributed by atoms with Gasteiger partial charge < -0.3 is 9.47 Å². The fraction of sp³-hybridized carbons (Fsp3) is 0.176. The van der Waals surface area contributed by atoms with E-state index < -0.39 is 0 Å². The second-order valence-corrected chi connectivity index (χ2v) is 6.59. The van der Waals surface area contributed by atoms with Crippen molar-refractivity contribution in [1.29, 1.82) is 0 Å². The largest absolute Gasteiger partial charge is 0.497 e. The molecule has 0 aliphatic carbocycles. The summed E-state index contributed by atoms with van der Waals surface area (Å²) < 4.78 is 12.3. The monoisotopic (exact) mass is 454 g/mol. The lowest BCUT2D eigenvalue weighted by Crippen LogP contribution is -2.25. The molecule has 0 saturated carbocycles. The first-order valence-electron chi connectivity index (χ1n) is 7.05. The molecule has 0 saturated heterocycles. The Morgan fingerprint density at radius 1 is 1.17 bits per heavy atom. The zero-order chi connectivity index (χ0) is 17.5. The molecule has 7 heteroatoms. The molecule has 1 amide bonds. The quantitative estimate of drug-likeness (QED) is 0.526. The van der Waals surface area contributed by atoms with Gasteiger partial charge in [-0.25, -0.2) is 5.43 Å². The molecule has 2 rings (SSSR count). The first-order chi connectivity index (χ1) is 11.5. The molecule has 0 aliphatic heterocycles. The number of hydrogen-bond acceptors (Lipinski definition) is 4. The van der Waals surface area contributed by atoms with E-state index in [-0.39, 0.29) is 12.5 Å². The van der Waals surface area contributed by atoms with Gasteiger partial charge in [0.1, 0.15) is 11.5 Å². The molecule has 0 bridgehead atoms. The first-order valence-corrected chi connectivity index (χ1v) is 8.63.